The van der Waals surface area contributed by atoms with Crippen molar-refractivity contribution in [2.45, 2.75) is 245 Å². The Morgan fingerprint density at radius 2 is 1.11 bits per heavy atom. The third-order valence-corrected chi connectivity index (χ3v) is 20.8. The van der Waals surface area contributed by atoms with Crippen LogP contribution in [0.3, 0.4) is 0 Å². The summed E-state index contributed by atoms with van der Waals surface area (Å²) >= 11 is 6.57. The molecular formula is C79H129ClN12O15. The number of hydrogen-bond acceptors (Lipinski definition) is 17. The smallest absolute Gasteiger partial charge is 0.248 e. The molecule has 7 N–H and O–H groups in total. The fourth-order valence-corrected chi connectivity index (χ4v) is 14.2. The van der Waals surface area contributed by atoms with Gasteiger partial charge in [0.2, 0.25) is 59.1 Å². The van der Waals surface area contributed by atoms with Crippen LogP contribution in [0.2, 0.25) is 5.02 Å². The number of carbonyl (C=O) groups excluding carboxylic acids is 11. The van der Waals surface area contributed by atoms with E-state index in [2.05, 4.69) is 21.3 Å². The first-order valence-electron chi connectivity index (χ1n) is 38.3. The number of nitrogens with zero attached hydrogens (tertiary/aromatic N) is 8. The lowest BCUT2D eigenvalue weighted by atomic mass is 9.87. The monoisotopic (exact) mass is 1520 g/mol. The molecule has 0 bridgehead atoms. The molecule has 4 rings (SSSR count). The van der Waals surface area contributed by atoms with E-state index in [9.17, 15) is 34.5 Å². The number of aliphatic hydroxyl groups is 3. The van der Waals surface area contributed by atoms with E-state index >= 15 is 33.6 Å². The van der Waals surface area contributed by atoms with Gasteiger partial charge in [-0.15, -0.1) is 0 Å². The SMILES string of the molecule is CC(C)CC1C(=O)N[C@H](C(=O)N2CCCCC2)CC(=O)N(C)CCCC(O)N(C)[C@@H](CC(C)C)C(=O)N[C@@H](C(C)C)C(=O)N(C)[C@@H](Cc2ccccc2)C(=O)N(C)[C@@H](Cc2cccc(Cl)c2)C(=O)N[C@@H](COCC[C@@H](C)O)C(=O)N(C)[C@@](C=O)(CC(C)C)CN[C@@H]([C@@H](C)O)C(=O)N(C)[C@@H](CC(C)C)C(=O)N1C. The standard InChI is InChI=1S/C79H129ClN12O15/c1-49(2)38-61-72(100)84-68(53(9)10)77(105)90(18)65(42-56-28-22-20-23-29-56)76(104)88(16)63(43-57-30-26-31-58(80)41-57)71(99)83-60(46-107-37-33-54(11)94)73(101)91(19)79(48-93,45-52(7)8)47-81-69(55(12)95)78(106)89(17)64(40-51(5)6)75(103)87(15)62(39-50(3)4)70(98)82-59(74(102)92-35-24-21-25-36-92)44-67(97)85(13)34-27-32-66(96)86(61)14/h20,22-23,26,28-31,41,48-55,59-66,68-69,81,94-96H,21,24-25,27,32-40,42-47H2,1-19H3,(H,82,98)(H,83,99)(H,84,100)/t54-,55-,59+,60+,61+,62?,63+,64+,65+,66?,68+,69+,79+/m1/s1. The molecule has 2 aromatic rings. The van der Waals surface area contributed by atoms with Gasteiger partial charge >= 0.3 is 0 Å². The van der Waals surface area contributed by atoms with E-state index in [0.717, 1.165) is 11.3 Å². The highest BCUT2D eigenvalue weighted by molar-refractivity contribution is 6.30. The Kier molecular flexibility index (Phi) is 37.8. The van der Waals surface area contributed by atoms with Crippen molar-refractivity contribution in [3.63, 3.8) is 0 Å². The molecule has 0 spiro atoms. The molecule has 2 fully saturated rings. The molecule has 2 unspecified atom stereocenters. The number of carbonyl (C=O) groups is 11. The van der Waals surface area contributed by atoms with E-state index in [1.54, 1.807) is 94.4 Å². The highest BCUT2D eigenvalue weighted by Gasteiger charge is 2.46. The maximum atomic E-state index is 15.8. The van der Waals surface area contributed by atoms with Crippen LogP contribution >= 0.6 is 11.6 Å². The van der Waals surface area contributed by atoms with Gasteiger partial charge in [-0.05, 0) is 138 Å². The first-order valence-corrected chi connectivity index (χ1v) is 38.7. The van der Waals surface area contributed by atoms with Gasteiger partial charge in [-0.2, -0.15) is 0 Å². The van der Waals surface area contributed by atoms with Gasteiger partial charge in [-0.1, -0.05) is 123 Å². The first kappa shape index (κ1) is 92.2. The summed E-state index contributed by atoms with van der Waals surface area (Å²) in [5, 5.41) is 46.0. The lowest BCUT2D eigenvalue weighted by Gasteiger charge is -2.42. The zero-order valence-electron chi connectivity index (χ0n) is 67.2. The molecule has 2 aliphatic heterocycles. The van der Waals surface area contributed by atoms with Gasteiger partial charge in [0, 0.05) is 92.9 Å². The maximum Gasteiger partial charge on any atom is 0.248 e. The molecule has 2 saturated heterocycles. The zero-order chi connectivity index (χ0) is 80.5. The van der Waals surface area contributed by atoms with Crippen molar-refractivity contribution in [3.05, 3.63) is 70.7 Å². The second kappa shape index (κ2) is 43.9. The second-order valence-electron chi connectivity index (χ2n) is 31.9. The van der Waals surface area contributed by atoms with Gasteiger partial charge in [0.05, 0.1) is 31.3 Å². The van der Waals surface area contributed by atoms with Gasteiger partial charge < -0.3 is 80.4 Å². The van der Waals surface area contributed by atoms with Crippen LogP contribution in [-0.4, -0.2) is 287 Å². The van der Waals surface area contributed by atoms with Gasteiger partial charge in [0.25, 0.3) is 0 Å². The fourth-order valence-electron chi connectivity index (χ4n) is 14.0. The molecule has 107 heavy (non-hydrogen) atoms. The first-order chi connectivity index (χ1) is 50.2. The fraction of sp³-hybridized carbons (Fsp3) is 0.709. The van der Waals surface area contributed by atoms with Crippen molar-refractivity contribution >= 4 is 77.0 Å². The van der Waals surface area contributed by atoms with E-state index in [-0.39, 0.29) is 94.6 Å². The van der Waals surface area contributed by atoms with Crippen molar-refractivity contribution in [1.29, 1.82) is 0 Å². The molecule has 2 heterocycles. The minimum absolute atomic E-state index is 0.0382. The summed E-state index contributed by atoms with van der Waals surface area (Å²) < 4.78 is 6.04. The number of rotatable bonds is 21. The quantitative estimate of drug-likeness (QED) is 0.0667. The van der Waals surface area contributed by atoms with Crippen molar-refractivity contribution in [1.82, 2.24) is 60.5 Å². The van der Waals surface area contributed by atoms with Crippen LogP contribution in [0.1, 0.15) is 165 Å². The van der Waals surface area contributed by atoms with E-state index in [0.29, 0.717) is 48.4 Å². The normalized spacial score (nSPS) is 26.4. The third kappa shape index (κ3) is 27.4. The summed E-state index contributed by atoms with van der Waals surface area (Å²) in [4.78, 5) is 177. The molecule has 2 aliphatic rings. The van der Waals surface area contributed by atoms with Gasteiger partial charge in [0.15, 0.2) is 0 Å². The Hall–Kier alpha value is -7.14. The van der Waals surface area contributed by atoms with E-state index in [4.69, 9.17) is 16.3 Å². The van der Waals surface area contributed by atoms with Gasteiger partial charge in [0.1, 0.15) is 66.4 Å². The predicted octanol–water partition coefficient (Wildman–Crippen LogP) is 4.52. The number of likely N-dealkylation sites (N-methyl/N-ethyl adjacent to an activating group) is 6. The lowest BCUT2D eigenvalue weighted by Crippen LogP contribution is -2.66. The molecule has 0 radical (unpaired) electrons. The Balaban J connectivity index is 2.01. The van der Waals surface area contributed by atoms with Crippen LogP contribution < -0.4 is 21.3 Å². The van der Waals surface area contributed by atoms with Crippen LogP contribution in [0.5, 0.6) is 0 Å². The number of hydrogen-bond donors (Lipinski definition) is 7. The summed E-state index contributed by atoms with van der Waals surface area (Å²) in [6.07, 6.45) is -0.573. The summed E-state index contributed by atoms with van der Waals surface area (Å²) in [6.45, 7) is 21.1. The number of aliphatic hydroxyl groups excluding tert-OH is 3. The Morgan fingerprint density at radius 1 is 0.589 bits per heavy atom. The Labute approximate surface area is 641 Å². The number of halogens is 1. The number of aldehydes is 1. The molecule has 0 saturated carbocycles. The molecule has 0 aliphatic carbocycles. The van der Waals surface area contributed by atoms with Crippen molar-refractivity contribution in [2.24, 2.45) is 29.6 Å². The van der Waals surface area contributed by atoms with Crippen molar-refractivity contribution < 1.29 is 72.8 Å². The second-order valence-corrected chi connectivity index (χ2v) is 32.3. The van der Waals surface area contributed by atoms with Crippen molar-refractivity contribution in [2.75, 3.05) is 88.7 Å². The highest BCUT2D eigenvalue weighted by Crippen LogP contribution is 2.27. The van der Waals surface area contributed by atoms with Crippen LogP contribution in [0.25, 0.3) is 0 Å². The number of ether oxygens (including phenoxy) is 1. The number of piperidine rings is 1. The van der Waals surface area contributed by atoms with Crippen LogP contribution in [0.4, 0.5) is 0 Å². The minimum Gasteiger partial charge on any atom is -0.393 e. The van der Waals surface area contributed by atoms with E-state index in [1.807, 2.05) is 55.4 Å². The average molecular weight is 1520 g/mol. The summed E-state index contributed by atoms with van der Waals surface area (Å²) in [5.41, 5.74) is -0.695. The molecule has 13 atom stereocenters. The third-order valence-electron chi connectivity index (χ3n) is 20.6. The summed E-state index contributed by atoms with van der Waals surface area (Å²) in [7, 11) is 10.2. The highest BCUT2D eigenvalue weighted by atomic mass is 35.5. The minimum atomic E-state index is -1.85. The van der Waals surface area contributed by atoms with E-state index in [1.165, 1.54) is 71.6 Å². The molecule has 0 aromatic heterocycles. The zero-order valence-corrected chi connectivity index (χ0v) is 68.0. The largest absolute Gasteiger partial charge is 0.393 e. The molecular weight excluding hydrogens is 1390 g/mol. The predicted molar refractivity (Wildman–Crippen MR) is 412 cm³/mol. The van der Waals surface area contributed by atoms with Gasteiger partial charge in [-0.25, -0.2) is 0 Å². The lowest BCUT2D eigenvalue weighted by molar-refractivity contribution is -0.151. The summed E-state index contributed by atoms with van der Waals surface area (Å²) in [6, 6.07) is 3.54. The van der Waals surface area contributed by atoms with Crippen LogP contribution in [0, 0.1) is 29.6 Å². The van der Waals surface area contributed by atoms with Crippen molar-refractivity contribution in [3.8, 4) is 0 Å². The van der Waals surface area contributed by atoms with Crippen LogP contribution in [0.15, 0.2) is 54.6 Å². The number of nitrogens with one attached hydrogen (secondary N) is 4. The molecule has 28 heteroatoms. The topological polar surface area (TPSA) is 332 Å². The number of likely N-dealkylation sites (tertiary alicyclic amines) is 1. The number of amides is 10. The molecule has 2 aromatic carbocycles. The maximum absolute atomic E-state index is 15.8. The van der Waals surface area contributed by atoms with Crippen LogP contribution in [-0.2, 0) is 70.3 Å². The van der Waals surface area contributed by atoms with Gasteiger partial charge in [-0.3, -0.25) is 52.8 Å². The molecule has 10 amide bonds. The number of benzene rings is 2. The summed E-state index contributed by atoms with van der Waals surface area (Å²) in [5.74, 6) is -8.13. The average Bonchev–Trinajstić information content (AvgIpc) is 0.814. The Bertz CT molecular complexity index is 3230. The molecule has 602 valence electrons. The molecule has 27 nitrogen and oxygen atoms in total. The van der Waals surface area contributed by atoms with E-state index < -0.39 is 163 Å². The Morgan fingerprint density at radius 3 is 1.67 bits per heavy atom.